The summed E-state index contributed by atoms with van der Waals surface area (Å²) in [5.41, 5.74) is 5.55. The number of ether oxygens (including phenoxy) is 1. The number of aliphatic hydroxyl groups excluding tert-OH is 1. The summed E-state index contributed by atoms with van der Waals surface area (Å²) in [5, 5.41) is 8.65. The lowest BCUT2D eigenvalue weighted by Gasteiger charge is -2.27. The minimum absolute atomic E-state index is 0.0333. The number of aliphatic hydroxyl groups is 1. The Morgan fingerprint density at radius 2 is 2.33 bits per heavy atom. The van der Waals surface area contributed by atoms with Gasteiger partial charge in [0, 0.05) is 6.61 Å². The van der Waals surface area contributed by atoms with Crippen LogP contribution in [0.1, 0.15) is 39.0 Å². The maximum absolute atomic E-state index is 11.4. The Bertz CT molecular complexity index is 208. The van der Waals surface area contributed by atoms with E-state index < -0.39 is 6.04 Å². The molecule has 0 spiro atoms. The minimum Gasteiger partial charge on any atom is -0.461 e. The molecule has 0 radical (unpaired) electrons. The highest BCUT2D eigenvalue weighted by atomic mass is 16.5. The van der Waals surface area contributed by atoms with Crippen LogP contribution >= 0.6 is 0 Å². The van der Waals surface area contributed by atoms with Gasteiger partial charge in [0.05, 0.1) is 0 Å². The molecule has 2 unspecified atom stereocenters. The largest absolute Gasteiger partial charge is 0.461 e. The second-order valence-electron chi connectivity index (χ2n) is 4.45. The molecular weight excluding hydrogens is 194 g/mol. The molecule has 0 heterocycles. The summed E-state index contributed by atoms with van der Waals surface area (Å²) in [6.07, 6.45) is 4.54. The molecule has 4 heteroatoms. The van der Waals surface area contributed by atoms with Gasteiger partial charge in [0.15, 0.2) is 0 Å². The zero-order chi connectivity index (χ0) is 11.3. The standard InChI is InChI=1S/C11H21NO3/c1-8-3-2-4-9(7-8)15-11(14)10(12)5-6-13/h8-10,13H,2-7,12H2,1H3/t8?,9?,10-/m1/s1. The van der Waals surface area contributed by atoms with Crippen LogP contribution < -0.4 is 5.73 Å². The summed E-state index contributed by atoms with van der Waals surface area (Å²) < 4.78 is 5.30. The van der Waals surface area contributed by atoms with E-state index in [4.69, 9.17) is 15.6 Å². The highest BCUT2D eigenvalue weighted by Crippen LogP contribution is 2.25. The Labute approximate surface area is 90.8 Å². The summed E-state index contributed by atoms with van der Waals surface area (Å²) in [4.78, 5) is 11.4. The molecular formula is C11H21NO3. The van der Waals surface area contributed by atoms with Gasteiger partial charge in [-0.1, -0.05) is 13.3 Å². The normalized spacial score (nSPS) is 28.5. The first-order valence-corrected chi connectivity index (χ1v) is 5.70. The van der Waals surface area contributed by atoms with Crippen molar-refractivity contribution in [2.75, 3.05) is 6.61 Å². The molecule has 0 aromatic heterocycles. The molecule has 1 aliphatic carbocycles. The first kappa shape index (κ1) is 12.5. The fourth-order valence-corrected chi connectivity index (χ4v) is 1.99. The summed E-state index contributed by atoms with van der Waals surface area (Å²) in [5.74, 6) is 0.258. The predicted molar refractivity (Wildman–Crippen MR) is 57.2 cm³/mol. The van der Waals surface area contributed by atoms with Crippen molar-refractivity contribution in [1.82, 2.24) is 0 Å². The molecule has 0 bridgehead atoms. The van der Waals surface area contributed by atoms with Crippen LogP contribution in [0.25, 0.3) is 0 Å². The second kappa shape index (κ2) is 6.08. The summed E-state index contributed by atoms with van der Waals surface area (Å²) in [7, 11) is 0. The van der Waals surface area contributed by atoms with Gasteiger partial charge in [0.2, 0.25) is 0 Å². The van der Waals surface area contributed by atoms with Crippen LogP contribution in [0, 0.1) is 5.92 Å². The summed E-state index contributed by atoms with van der Waals surface area (Å²) in [6.45, 7) is 2.10. The Hall–Kier alpha value is -0.610. The van der Waals surface area contributed by atoms with E-state index in [0.29, 0.717) is 5.92 Å². The van der Waals surface area contributed by atoms with E-state index in [1.807, 2.05) is 0 Å². The molecule has 0 amide bonds. The Balaban J connectivity index is 2.30. The Kier molecular flexibility index (Phi) is 5.05. The van der Waals surface area contributed by atoms with E-state index >= 15 is 0 Å². The number of nitrogens with two attached hydrogens (primary N) is 1. The van der Waals surface area contributed by atoms with E-state index in [9.17, 15) is 4.79 Å². The van der Waals surface area contributed by atoms with Crippen molar-refractivity contribution < 1.29 is 14.6 Å². The van der Waals surface area contributed by atoms with E-state index in [-0.39, 0.29) is 25.1 Å². The molecule has 4 nitrogen and oxygen atoms in total. The van der Waals surface area contributed by atoms with Gasteiger partial charge in [-0.25, -0.2) is 0 Å². The predicted octanol–water partition coefficient (Wildman–Crippen LogP) is 0.818. The first-order chi connectivity index (χ1) is 7.13. The number of esters is 1. The topological polar surface area (TPSA) is 72.5 Å². The van der Waals surface area contributed by atoms with Gasteiger partial charge in [-0.05, 0) is 31.6 Å². The summed E-state index contributed by atoms with van der Waals surface area (Å²) in [6, 6.07) is -0.674. The monoisotopic (exact) mass is 215 g/mol. The Morgan fingerprint density at radius 1 is 1.60 bits per heavy atom. The first-order valence-electron chi connectivity index (χ1n) is 5.70. The van der Waals surface area contributed by atoms with Crippen LogP contribution in [0.3, 0.4) is 0 Å². The zero-order valence-electron chi connectivity index (χ0n) is 9.32. The van der Waals surface area contributed by atoms with Crippen molar-refractivity contribution in [3.05, 3.63) is 0 Å². The van der Waals surface area contributed by atoms with Crippen molar-refractivity contribution in [3.8, 4) is 0 Å². The third-order valence-corrected chi connectivity index (χ3v) is 2.91. The van der Waals surface area contributed by atoms with Crippen LogP contribution in [-0.2, 0) is 9.53 Å². The molecule has 0 aliphatic heterocycles. The maximum atomic E-state index is 11.4. The molecule has 1 rings (SSSR count). The summed E-state index contributed by atoms with van der Waals surface area (Å²) >= 11 is 0. The molecule has 3 atom stereocenters. The number of hydrogen-bond acceptors (Lipinski definition) is 4. The van der Waals surface area contributed by atoms with Crippen LogP contribution in [0.15, 0.2) is 0 Å². The average Bonchev–Trinajstić information content (AvgIpc) is 2.18. The molecule has 1 fully saturated rings. The van der Waals surface area contributed by atoms with Gasteiger partial charge in [0.1, 0.15) is 12.1 Å². The molecule has 0 saturated heterocycles. The quantitative estimate of drug-likeness (QED) is 0.681. The fourth-order valence-electron chi connectivity index (χ4n) is 1.99. The third-order valence-electron chi connectivity index (χ3n) is 2.91. The van der Waals surface area contributed by atoms with Crippen LogP contribution in [-0.4, -0.2) is 29.8 Å². The molecule has 1 aliphatic rings. The van der Waals surface area contributed by atoms with Crippen molar-refractivity contribution in [2.24, 2.45) is 11.7 Å². The van der Waals surface area contributed by atoms with Crippen molar-refractivity contribution in [2.45, 2.75) is 51.2 Å². The number of rotatable bonds is 4. The van der Waals surface area contributed by atoms with Crippen LogP contribution in [0.4, 0.5) is 0 Å². The van der Waals surface area contributed by atoms with Crippen LogP contribution in [0.2, 0.25) is 0 Å². The molecule has 88 valence electrons. The Morgan fingerprint density at radius 3 is 2.93 bits per heavy atom. The number of carbonyl (C=O) groups excluding carboxylic acids is 1. The lowest BCUT2D eigenvalue weighted by atomic mass is 9.89. The third kappa shape index (κ3) is 4.18. The lowest BCUT2D eigenvalue weighted by molar-refractivity contribution is -0.153. The number of hydrogen-bond donors (Lipinski definition) is 2. The van der Waals surface area contributed by atoms with Gasteiger partial charge in [0.25, 0.3) is 0 Å². The van der Waals surface area contributed by atoms with E-state index in [1.165, 1.54) is 6.42 Å². The van der Waals surface area contributed by atoms with Gasteiger partial charge in [-0.2, -0.15) is 0 Å². The zero-order valence-corrected chi connectivity index (χ0v) is 9.32. The van der Waals surface area contributed by atoms with Crippen LogP contribution in [0.5, 0.6) is 0 Å². The van der Waals surface area contributed by atoms with Crippen molar-refractivity contribution in [1.29, 1.82) is 0 Å². The fraction of sp³-hybridized carbons (Fsp3) is 0.909. The van der Waals surface area contributed by atoms with Gasteiger partial charge in [-0.3, -0.25) is 4.79 Å². The molecule has 15 heavy (non-hydrogen) atoms. The van der Waals surface area contributed by atoms with Gasteiger partial charge < -0.3 is 15.6 Å². The van der Waals surface area contributed by atoms with Crippen molar-refractivity contribution in [3.63, 3.8) is 0 Å². The number of carbonyl (C=O) groups is 1. The molecule has 0 aromatic carbocycles. The highest BCUT2D eigenvalue weighted by molar-refractivity contribution is 5.75. The second-order valence-corrected chi connectivity index (χ2v) is 4.45. The SMILES string of the molecule is CC1CCCC(OC(=O)[C@H](N)CCO)C1. The highest BCUT2D eigenvalue weighted by Gasteiger charge is 2.24. The molecule has 0 aromatic rings. The smallest absolute Gasteiger partial charge is 0.323 e. The van der Waals surface area contributed by atoms with E-state index in [0.717, 1.165) is 19.3 Å². The minimum atomic E-state index is -0.674. The van der Waals surface area contributed by atoms with Gasteiger partial charge >= 0.3 is 5.97 Å². The molecule has 1 saturated carbocycles. The lowest BCUT2D eigenvalue weighted by Crippen LogP contribution is -2.36. The van der Waals surface area contributed by atoms with E-state index in [2.05, 4.69) is 6.92 Å². The van der Waals surface area contributed by atoms with Crippen molar-refractivity contribution >= 4 is 5.97 Å². The molecule has 3 N–H and O–H groups in total. The van der Waals surface area contributed by atoms with Gasteiger partial charge in [-0.15, -0.1) is 0 Å². The average molecular weight is 215 g/mol. The van der Waals surface area contributed by atoms with E-state index in [1.54, 1.807) is 0 Å². The maximum Gasteiger partial charge on any atom is 0.323 e.